The Balaban J connectivity index is 1.12. The lowest BCUT2D eigenvalue weighted by Crippen LogP contribution is -2.40. The van der Waals surface area contributed by atoms with Gasteiger partial charge in [0.15, 0.2) is 0 Å². The minimum Gasteiger partial charge on any atom is -0.490 e. The minimum atomic E-state index is -0.134. The molecule has 0 atom stereocenters. The smallest absolute Gasteiger partial charge is 0.269 e. The van der Waals surface area contributed by atoms with E-state index in [4.69, 9.17) is 4.74 Å². The Morgan fingerprint density at radius 1 is 0.892 bits per heavy atom. The third kappa shape index (κ3) is 4.89. The van der Waals surface area contributed by atoms with Gasteiger partial charge < -0.3 is 9.64 Å². The van der Waals surface area contributed by atoms with Crippen LogP contribution in [0, 0.1) is 6.92 Å². The fourth-order valence-corrected chi connectivity index (χ4v) is 5.71. The lowest BCUT2D eigenvalue weighted by molar-refractivity contribution is 0.0847. The van der Waals surface area contributed by atoms with Gasteiger partial charge in [0.25, 0.3) is 5.56 Å². The molecule has 0 unspecified atom stereocenters. The van der Waals surface area contributed by atoms with Crippen molar-refractivity contribution in [2.24, 2.45) is 0 Å². The second-order valence-electron chi connectivity index (χ2n) is 10.1. The molecule has 6 rings (SSSR count). The Morgan fingerprint density at radius 3 is 2.22 bits per heavy atom. The van der Waals surface area contributed by atoms with Gasteiger partial charge in [-0.2, -0.15) is 5.10 Å². The average Bonchev–Trinajstić information content (AvgIpc) is 3.36. The van der Waals surface area contributed by atoms with Gasteiger partial charge in [-0.3, -0.25) is 9.69 Å². The average molecular weight is 493 g/mol. The lowest BCUT2D eigenvalue weighted by atomic mass is 9.94. The summed E-state index contributed by atoms with van der Waals surface area (Å²) in [6, 6.07) is 28.3. The summed E-state index contributed by atoms with van der Waals surface area (Å²) in [5.74, 6) is 0.933. The lowest BCUT2D eigenvalue weighted by Gasteiger charge is -2.38. The maximum absolute atomic E-state index is 12.0. The van der Waals surface area contributed by atoms with Crippen molar-refractivity contribution in [3.63, 3.8) is 0 Å². The zero-order chi connectivity index (χ0) is 25.2. The van der Waals surface area contributed by atoms with Gasteiger partial charge in [-0.05, 0) is 54.2 Å². The monoisotopic (exact) mass is 492 g/mol. The first-order chi connectivity index (χ1) is 18.2. The van der Waals surface area contributed by atoms with Crippen LogP contribution in [0.25, 0.3) is 0 Å². The Morgan fingerprint density at radius 2 is 1.54 bits per heavy atom. The second kappa shape index (κ2) is 10.2. The number of nitrogens with one attached hydrogen (secondary N) is 1. The number of hydrogen-bond acceptors (Lipinski definition) is 5. The highest BCUT2D eigenvalue weighted by Gasteiger charge is 2.29. The first-order valence-electron chi connectivity index (χ1n) is 13.1. The summed E-state index contributed by atoms with van der Waals surface area (Å²) < 4.78 is 6.49. The van der Waals surface area contributed by atoms with Gasteiger partial charge >= 0.3 is 0 Å². The highest BCUT2D eigenvalue weighted by Crippen LogP contribution is 2.34. The Hall–Kier alpha value is -3.90. The highest BCUT2D eigenvalue weighted by molar-refractivity contribution is 5.55. The van der Waals surface area contributed by atoms with E-state index in [0.29, 0.717) is 5.56 Å². The largest absolute Gasteiger partial charge is 0.490 e. The molecule has 6 heteroatoms. The molecule has 188 valence electrons. The third-order valence-electron chi connectivity index (χ3n) is 7.69. The third-order valence-corrected chi connectivity index (χ3v) is 7.69. The number of nitrogens with zero attached hydrogens (tertiary/aromatic N) is 3. The fourth-order valence-electron chi connectivity index (χ4n) is 5.71. The van der Waals surface area contributed by atoms with Crippen LogP contribution in [0.3, 0.4) is 0 Å². The summed E-state index contributed by atoms with van der Waals surface area (Å²) in [6.07, 6.45) is 3.94. The summed E-state index contributed by atoms with van der Waals surface area (Å²) in [6.45, 7) is 5.37. The minimum absolute atomic E-state index is 0.134. The number of anilines is 1. The molecular weight excluding hydrogens is 460 g/mol. The molecule has 3 heterocycles. The number of aromatic amines is 1. The molecule has 3 aromatic carbocycles. The molecule has 6 nitrogen and oxygen atoms in total. The SMILES string of the molecule is Cc1c(N2Cc3ccc(OC4CCN(C(c5ccccc5)c5ccccc5)CC4)cc3C2)cn[nH]c1=O. The summed E-state index contributed by atoms with van der Waals surface area (Å²) in [7, 11) is 0. The number of ether oxygens (including phenoxy) is 1. The van der Waals surface area contributed by atoms with Crippen LogP contribution in [0.4, 0.5) is 5.69 Å². The van der Waals surface area contributed by atoms with E-state index in [9.17, 15) is 4.79 Å². The Bertz CT molecular complexity index is 1370. The van der Waals surface area contributed by atoms with Gasteiger partial charge in [0.2, 0.25) is 0 Å². The molecule has 37 heavy (non-hydrogen) atoms. The van der Waals surface area contributed by atoms with Crippen LogP contribution in [-0.2, 0) is 13.1 Å². The maximum Gasteiger partial charge on any atom is 0.269 e. The van der Waals surface area contributed by atoms with Crippen LogP contribution >= 0.6 is 0 Å². The van der Waals surface area contributed by atoms with Crippen molar-refractivity contribution in [3.05, 3.63) is 123 Å². The van der Waals surface area contributed by atoms with Crippen molar-refractivity contribution in [3.8, 4) is 5.75 Å². The van der Waals surface area contributed by atoms with Gasteiger partial charge in [0.1, 0.15) is 11.9 Å². The summed E-state index contributed by atoms with van der Waals surface area (Å²) in [5, 5.41) is 6.51. The quantitative estimate of drug-likeness (QED) is 0.399. The molecule has 0 radical (unpaired) electrons. The predicted octanol–water partition coefficient (Wildman–Crippen LogP) is 5.23. The molecule has 2 aliphatic rings. The van der Waals surface area contributed by atoms with Crippen LogP contribution in [0.5, 0.6) is 5.75 Å². The zero-order valence-corrected chi connectivity index (χ0v) is 21.1. The highest BCUT2D eigenvalue weighted by atomic mass is 16.5. The topological polar surface area (TPSA) is 61.5 Å². The molecule has 1 N–H and O–H groups in total. The first kappa shape index (κ1) is 23.5. The van der Waals surface area contributed by atoms with Gasteiger partial charge in [-0.15, -0.1) is 0 Å². The maximum atomic E-state index is 12.0. The first-order valence-corrected chi connectivity index (χ1v) is 13.1. The molecule has 0 spiro atoms. The predicted molar refractivity (Wildman–Crippen MR) is 146 cm³/mol. The molecule has 0 bridgehead atoms. The van der Waals surface area contributed by atoms with Crippen molar-refractivity contribution in [2.45, 2.75) is 45.0 Å². The Kier molecular flexibility index (Phi) is 6.49. The molecule has 1 fully saturated rings. The molecule has 2 aliphatic heterocycles. The van der Waals surface area contributed by atoms with Crippen molar-refractivity contribution >= 4 is 5.69 Å². The van der Waals surface area contributed by atoms with Crippen molar-refractivity contribution in [1.29, 1.82) is 0 Å². The molecule has 4 aromatic rings. The van der Waals surface area contributed by atoms with Gasteiger partial charge in [0, 0.05) is 31.7 Å². The van der Waals surface area contributed by atoms with Gasteiger partial charge in [-0.1, -0.05) is 66.7 Å². The van der Waals surface area contributed by atoms with E-state index in [1.54, 1.807) is 6.20 Å². The van der Waals surface area contributed by atoms with Crippen LogP contribution in [0.1, 0.15) is 46.7 Å². The molecule has 1 saturated heterocycles. The molecule has 0 saturated carbocycles. The summed E-state index contributed by atoms with van der Waals surface area (Å²) in [5.41, 5.74) is 6.66. The molecule has 0 amide bonds. The summed E-state index contributed by atoms with van der Waals surface area (Å²) >= 11 is 0. The van der Waals surface area contributed by atoms with E-state index in [2.05, 4.69) is 98.9 Å². The van der Waals surface area contributed by atoms with Crippen LogP contribution < -0.4 is 15.2 Å². The molecular formula is C31H32N4O2. The van der Waals surface area contributed by atoms with E-state index in [1.165, 1.54) is 22.3 Å². The van der Waals surface area contributed by atoms with Crippen molar-refractivity contribution in [1.82, 2.24) is 15.1 Å². The summed E-state index contributed by atoms with van der Waals surface area (Å²) in [4.78, 5) is 16.8. The number of piperidine rings is 1. The van der Waals surface area contributed by atoms with Gasteiger partial charge in [0.05, 0.1) is 17.9 Å². The van der Waals surface area contributed by atoms with Crippen molar-refractivity contribution < 1.29 is 4.74 Å². The van der Waals surface area contributed by atoms with E-state index in [-0.39, 0.29) is 17.7 Å². The number of fused-ring (bicyclic) bond motifs is 1. The standard InChI is InChI=1S/C31H32N4O2/c1-22-29(19-32-33-31(22)36)35-20-25-12-13-28(18-26(25)21-35)37-27-14-16-34(17-15-27)30(23-8-4-2-5-9-23)24-10-6-3-7-11-24/h2-13,18-19,27,30H,14-17,20-21H2,1H3,(H,33,36). The van der Waals surface area contributed by atoms with E-state index < -0.39 is 0 Å². The van der Waals surface area contributed by atoms with E-state index in [1.807, 2.05) is 6.92 Å². The van der Waals surface area contributed by atoms with Crippen LogP contribution in [0.15, 0.2) is 89.9 Å². The number of H-pyrrole nitrogens is 1. The fraction of sp³-hybridized carbons (Fsp3) is 0.290. The number of benzene rings is 3. The normalized spacial score (nSPS) is 16.2. The van der Waals surface area contributed by atoms with Crippen molar-refractivity contribution in [2.75, 3.05) is 18.0 Å². The Labute approximate surface area is 217 Å². The van der Waals surface area contributed by atoms with E-state index in [0.717, 1.165) is 50.5 Å². The van der Waals surface area contributed by atoms with Gasteiger partial charge in [-0.25, -0.2) is 5.10 Å². The van der Waals surface area contributed by atoms with Crippen LogP contribution in [0.2, 0.25) is 0 Å². The van der Waals surface area contributed by atoms with E-state index >= 15 is 0 Å². The number of hydrogen-bond donors (Lipinski definition) is 1. The zero-order valence-electron chi connectivity index (χ0n) is 21.1. The number of likely N-dealkylation sites (tertiary alicyclic amines) is 1. The molecule has 0 aliphatic carbocycles. The van der Waals surface area contributed by atoms with Crippen LogP contribution in [-0.4, -0.2) is 34.3 Å². The number of aromatic nitrogens is 2. The second-order valence-corrected chi connectivity index (χ2v) is 10.1. The molecule has 1 aromatic heterocycles. The number of rotatable bonds is 6.